The van der Waals surface area contributed by atoms with Crippen molar-refractivity contribution in [2.24, 2.45) is 0 Å². The molecule has 0 radical (unpaired) electrons. The molecule has 160 valence electrons. The normalized spacial score (nSPS) is 11.9. The summed E-state index contributed by atoms with van der Waals surface area (Å²) in [6, 6.07) is 10.8. The fraction of sp³-hybridized carbons (Fsp3) is 0.381. The van der Waals surface area contributed by atoms with Gasteiger partial charge in [-0.3, -0.25) is 4.79 Å². The first-order chi connectivity index (χ1) is 14.3. The minimum Gasteiger partial charge on any atom is -0.350 e. The first-order valence-electron chi connectivity index (χ1n) is 9.98. The SMILES string of the molecule is CC[NH+](CC)CCCNC(=O)c1cc2nc(-c3ccccc3)cc(C(F)(F)F)n2n1. The van der Waals surface area contributed by atoms with Gasteiger partial charge in [-0.05, 0) is 19.9 Å². The Morgan fingerprint density at radius 2 is 1.83 bits per heavy atom. The molecule has 1 amide bonds. The highest BCUT2D eigenvalue weighted by Crippen LogP contribution is 2.32. The van der Waals surface area contributed by atoms with Gasteiger partial charge in [-0.2, -0.15) is 18.3 Å². The number of nitrogens with zero attached hydrogens (tertiary/aromatic N) is 3. The van der Waals surface area contributed by atoms with Crippen LogP contribution in [0.3, 0.4) is 0 Å². The van der Waals surface area contributed by atoms with Crippen molar-refractivity contribution >= 4 is 11.6 Å². The average molecular weight is 420 g/mol. The molecule has 0 spiro atoms. The van der Waals surface area contributed by atoms with Gasteiger partial charge in [0.2, 0.25) is 0 Å². The summed E-state index contributed by atoms with van der Waals surface area (Å²) in [6.07, 6.45) is -3.86. The van der Waals surface area contributed by atoms with E-state index in [4.69, 9.17) is 0 Å². The molecule has 30 heavy (non-hydrogen) atoms. The molecule has 3 rings (SSSR count). The van der Waals surface area contributed by atoms with Crippen molar-refractivity contribution in [3.8, 4) is 11.3 Å². The van der Waals surface area contributed by atoms with Crippen LogP contribution in [0.1, 0.15) is 36.5 Å². The highest BCUT2D eigenvalue weighted by atomic mass is 19.4. The number of carbonyl (C=O) groups is 1. The highest BCUT2D eigenvalue weighted by molar-refractivity contribution is 5.93. The summed E-state index contributed by atoms with van der Waals surface area (Å²) in [7, 11) is 0. The largest absolute Gasteiger partial charge is 0.433 e. The smallest absolute Gasteiger partial charge is 0.350 e. The van der Waals surface area contributed by atoms with Gasteiger partial charge >= 0.3 is 6.18 Å². The Balaban J connectivity index is 1.85. The molecule has 0 aliphatic rings. The minimum absolute atomic E-state index is 0.0265. The third kappa shape index (κ3) is 4.96. The van der Waals surface area contributed by atoms with Crippen LogP contribution in [0.15, 0.2) is 42.5 Å². The van der Waals surface area contributed by atoms with Gasteiger partial charge in [0.15, 0.2) is 17.0 Å². The van der Waals surface area contributed by atoms with Gasteiger partial charge < -0.3 is 10.2 Å². The van der Waals surface area contributed by atoms with E-state index in [1.807, 2.05) is 0 Å². The lowest BCUT2D eigenvalue weighted by molar-refractivity contribution is -0.896. The standard InChI is InChI=1S/C21H24F3N5O/c1-3-28(4-2)12-8-11-25-20(30)17-14-19-26-16(15-9-6-5-7-10-15)13-18(21(22,23)24)29(19)27-17/h5-7,9-10,13-14H,3-4,8,11-12H2,1-2H3,(H,25,30)/p+1. The predicted molar refractivity (Wildman–Crippen MR) is 107 cm³/mol. The molecule has 9 heteroatoms. The maximum Gasteiger partial charge on any atom is 0.433 e. The van der Waals surface area contributed by atoms with Crippen molar-refractivity contribution in [2.45, 2.75) is 26.4 Å². The molecule has 2 N–H and O–H groups in total. The number of alkyl halides is 3. The minimum atomic E-state index is -4.64. The second-order valence-corrected chi connectivity index (χ2v) is 7.01. The van der Waals surface area contributed by atoms with Gasteiger partial charge in [-0.25, -0.2) is 9.50 Å². The number of aromatic nitrogens is 3. The molecule has 6 nitrogen and oxygen atoms in total. The number of rotatable bonds is 8. The van der Waals surface area contributed by atoms with Gasteiger partial charge in [0.1, 0.15) is 0 Å². The second-order valence-electron chi connectivity index (χ2n) is 7.01. The zero-order valence-corrected chi connectivity index (χ0v) is 17.0. The fourth-order valence-corrected chi connectivity index (χ4v) is 3.28. The Kier molecular flexibility index (Phi) is 6.71. The molecule has 0 aliphatic carbocycles. The Hall–Kier alpha value is -2.94. The molecular formula is C21H25F3N5O+. The van der Waals surface area contributed by atoms with Gasteiger partial charge in [0.05, 0.1) is 25.3 Å². The van der Waals surface area contributed by atoms with Gasteiger partial charge in [0, 0.05) is 24.6 Å². The number of carbonyl (C=O) groups excluding carboxylic acids is 1. The topological polar surface area (TPSA) is 63.7 Å². The zero-order chi connectivity index (χ0) is 21.7. The second kappa shape index (κ2) is 9.25. The third-order valence-electron chi connectivity index (χ3n) is 5.01. The Morgan fingerprint density at radius 3 is 2.47 bits per heavy atom. The van der Waals surface area contributed by atoms with Crippen molar-refractivity contribution in [3.63, 3.8) is 0 Å². The van der Waals surface area contributed by atoms with Crippen molar-refractivity contribution in [3.05, 3.63) is 53.9 Å². The summed E-state index contributed by atoms with van der Waals surface area (Å²) in [5, 5.41) is 6.61. The van der Waals surface area contributed by atoms with Crippen LogP contribution in [-0.4, -0.2) is 46.7 Å². The molecule has 0 bridgehead atoms. The number of quaternary nitrogens is 1. The first-order valence-corrected chi connectivity index (χ1v) is 9.98. The number of halogens is 3. The molecule has 0 atom stereocenters. The van der Waals surface area contributed by atoms with E-state index in [9.17, 15) is 18.0 Å². The number of hydrogen-bond acceptors (Lipinski definition) is 3. The van der Waals surface area contributed by atoms with E-state index in [1.165, 1.54) is 11.0 Å². The van der Waals surface area contributed by atoms with E-state index in [0.717, 1.165) is 32.1 Å². The Morgan fingerprint density at radius 1 is 1.13 bits per heavy atom. The maximum atomic E-state index is 13.6. The molecule has 3 aromatic rings. The summed E-state index contributed by atoms with van der Waals surface area (Å²) in [4.78, 5) is 18.1. The number of benzene rings is 1. The van der Waals surface area contributed by atoms with Crippen molar-refractivity contribution in [1.29, 1.82) is 0 Å². The van der Waals surface area contributed by atoms with E-state index in [1.54, 1.807) is 30.3 Å². The number of nitrogens with one attached hydrogen (secondary N) is 2. The molecule has 2 aromatic heterocycles. The highest BCUT2D eigenvalue weighted by Gasteiger charge is 2.35. The van der Waals surface area contributed by atoms with Crippen LogP contribution in [0.2, 0.25) is 0 Å². The molecule has 0 fully saturated rings. The first kappa shape index (κ1) is 21.8. The molecule has 0 aliphatic heterocycles. The van der Waals surface area contributed by atoms with Crippen molar-refractivity contribution in [2.75, 3.05) is 26.2 Å². The van der Waals surface area contributed by atoms with Gasteiger partial charge in [-0.1, -0.05) is 30.3 Å². The van der Waals surface area contributed by atoms with Crippen LogP contribution in [-0.2, 0) is 6.18 Å². The molecule has 1 aromatic carbocycles. The lowest BCUT2D eigenvalue weighted by Gasteiger charge is -2.14. The summed E-state index contributed by atoms with van der Waals surface area (Å²) < 4.78 is 41.6. The van der Waals surface area contributed by atoms with Crippen LogP contribution in [0.5, 0.6) is 0 Å². The summed E-state index contributed by atoms with van der Waals surface area (Å²) in [5.74, 6) is -0.510. The van der Waals surface area contributed by atoms with Crippen molar-refractivity contribution < 1.29 is 22.9 Å². The van der Waals surface area contributed by atoms with Gasteiger partial charge in [0.25, 0.3) is 5.91 Å². The zero-order valence-electron chi connectivity index (χ0n) is 17.0. The Bertz CT molecular complexity index is 997. The van der Waals surface area contributed by atoms with Crippen LogP contribution in [0.25, 0.3) is 16.9 Å². The number of fused-ring (bicyclic) bond motifs is 1. The van der Waals surface area contributed by atoms with Crippen LogP contribution in [0.4, 0.5) is 13.2 Å². The van der Waals surface area contributed by atoms with Crippen LogP contribution >= 0.6 is 0 Å². The number of amides is 1. The van der Waals surface area contributed by atoms with Crippen LogP contribution < -0.4 is 10.2 Å². The lowest BCUT2D eigenvalue weighted by Crippen LogP contribution is -3.11. The molecule has 0 saturated heterocycles. The summed E-state index contributed by atoms with van der Waals surface area (Å²) in [5.41, 5.74) is -0.369. The van der Waals surface area contributed by atoms with Crippen LogP contribution in [0, 0.1) is 0 Å². The third-order valence-corrected chi connectivity index (χ3v) is 5.01. The van der Waals surface area contributed by atoms with E-state index >= 15 is 0 Å². The van der Waals surface area contributed by atoms with E-state index < -0.39 is 17.8 Å². The lowest BCUT2D eigenvalue weighted by atomic mass is 10.1. The average Bonchev–Trinajstić information content (AvgIpc) is 3.17. The Labute approximate surface area is 172 Å². The van der Waals surface area contributed by atoms with E-state index in [2.05, 4.69) is 29.2 Å². The van der Waals surface area contributed by atoms with E-state index in [-0.39, 0.29) is 17.0 Å². The summed E-state index contributed by atoms with van der Waals surface area (Å²) >= 11 is 0. The maximum absolute atomic E-state index is 13.6. The fourth-order valence-electron chi connectivity index (χ4n) is 3.28. The molecule has 2 heterocycles. The molecular weight excluding hydrogens is 395 g/mol. The molecule has 0 unspecified atom stereocenters. The number of hydrogen-bond donors (Lipinski definition) is 2. The summed E-state index contributed by atoms with van der Waals surface area (Å²) in [6.45, 7) is 7.56. The molecule has 0 saturated carbocycles. The van der Waals surface area contributed by atoms with E-state index in [0.29, 0.717) is 16.6 Å². The van der Waals surface area contributed by atoms with Crippen molar-refractivity contribution in [1.82, 2.24) is 19.9 Å². The quantitative estimate of drug-likeness (QED) is 0.551. The monoisotopic (exact) mass is 420 g/mol. The predicted octanol–water partition coefficient (Wildman–Crippen LogP) is 2.46. The van der Waals surface area contributed by atoms with Gasteiger partial charge in [-0.15, -0.1) is 0 Å².